The Morgan fingerprint density at radius 1 is 0.341 bits per heavy atom. The third-order valence-corrected chi connectivity index (χ3v) is 21.0. The van der Waals surface area contributed by atoms with Crippen LogP contribution in [-0.2, 0) is 19.3 Å². The predicted octanol–water partition coefficient (Wildman–Crippen LogP) is 19.6. The first-order valence-corrected chi connectivity index (χ1v) is 44.5. The second-order valence-corrected chi connectivity index (χ2v) is 32.1. The summed E-state index contributed by atoms with van der Waals surface area (Å²) < 4.78 is 11.7. The standard InChI is InChI=1S/C16H19N5.2C15H17N5.C14H15N5.C14H13N5.C13H10N6.C12H10N6O2/c1-3-4-5-13-6-8-14(9-7-13)20-15-10-12(2)19-16-17-11-18-21(15)16;1-10(2)12-4-6-13(7-5-12)19-14-8-11(3)18-15-16-9-17-20(14)15;1-3-4-12-5-7-13(8-6-12)19-14-9-11(2)18-15-16-10-17-20(14)15;2*1-3-11-4-6-12(7-5-11)18-13-8-10(2)17-14-15-9-16-19(13)14;1-9-6-12(19-13(17-9)15-8-16-19)18-11-4-2-10(7-14)3-5-11;1-8-6-11(17-12(15-8)13-7-14-17)16-9-2-4-10(5-3-9)18(19)20/h6-11,20H,3-5H2,1-2H3;4-10,19H,1-3H3;5-10,19H,3-4H2,1-2H3;4-9,18H,3H2,1-2H3;3-9,18H,1H2,2H3;2-6,8,18H,1H3;2-7,16H,1H3. The Kier molecular flexibility index (Phi) is 30.5. The lowest BCUT2D eigenvalue weighted by Gasteiger charge is -2.10. The van der Waals surface area contributed by atoms with Crippen LogP contribution >= 0.6 is 0 Å². The van der Waals surface area contributed by atoms with Crippen LogP contribution in [0.15, 0.2) is 263 Å². The lowest BCUT2D eigenvalue weighted by atomic mass is 10.0. The van der Waals surface area contributed by atoms with Gasteiger partial charge >= 0.3 is 0 Å². The molecule has 0 fully saturated rings. The van der Waals surface area contributed by atoms with Crippen LogP contribution in [0.3, 0.4) is 0 Å². The second-order valence-electron chi connectivity index (χ2n) is 32.1. The van der Waals surface area contributed by atoms with E-state index in [-0.39, 0.29) is 5.69 Å². The number of fused-ring (bicyclic) bond motifs is 7. The van der Waals surface area contributed by atoms with Gasteiger partial charge in [-0.25, -0.2) is 34.9 Å². The highest BCUT2D eigenvalue weighted by atomic mass is 16.6. The number of anilines is 14. The third-order valence-electron chi connectivity index (χ3n) is 21.0. The van der Waals surface area contributed by atoms with Crippen molar-refractivity contribution in [1.29, 1.82) is 5.26 Å². The fourth-order valence-electron chi connectivity index (χ4n) is 14.1. The molecule has 7 aromatic carbocycles. The summed E-state index contributed by atoms with van der Waals surface area (Å²) in [6, 6.07) is 70.7. The van der Waals surface area contributed by atoms with Gasteiger partial charge in [0.25, 0.3) is 46.1 Å². The lowest BCUT2D eigenvalue weighted by Crippen LogP contribution is -2.02. The minimum Gasteiger partial charge on any atom is -0.340 e. The molecule has 0 amide bonds. The van der Waals surface area contributed by atoms with Gasteiger partial charge in [0, 0.05) is 134 Å². The van der Waals surface area contributed by atoms with Crippen LogP contribution in [0.5, 0.6) is 0 Å². The number of nitro benzene ring substituents is 1. The second kappa shape index (κ2) is 44.7. The number of aromatic nitrogens is 28. The van der Waals surface area contributed by atoms with E-state index in [0.29, 0.717) is 57.7 Å². The number of unbranched alkanes of at least 4 members (excludes halogenated alkanes) is 1. The molecule has 138 heavy (non-hydrogen) atoms. The topological polar surface area (TPSA) is 453 Å². The molecule has 39 heteroatoms. The number of aryl methyl sites for hydroxylation is 10. The largest absolute Gasteiger partial charge is 0.340 e. The summed E-state index contributed by atoms with van der Waals surface area (Å²) in [4.78, 5) is 69.0. The van der Waals surface area contributed by atoms with Crippen molar-refractivity contribution < 1.29 is 4.92 Å². The highest BCUT2D eigenvalue weighted by Gasteiger charge is 2.16. The molecule has 39 nitrogen and oxygen atoms in total. The third kappa shape index (κ3) is 24.7. The number of nitrogens with one attached hydrogen (secondary N) is 7. The zero-order valence-electron chi connectivity index (χ0n) is 78.1. The Bertz CT molecular complexity index is 7710. The van der Waals surface area contributed by atoms with Crippen LogP contribution in [0.2, 0.25) is 0 Å². The molecule has 0 radical (unpaired) electrons. The number of hydrogen-bond donors (Lipinski definition) is 7. The number of nitriles is 1. The predicted molar refractivity (Wildman–Crippen MR) is 534 cm³/mol. The monoisotopic (exact) mass is 1840 g/mol. The lowest BCUT2D eigenvalue weighted by molar-refractivity contribution is -0.384. The minimum atomic E-state index is -0.435. The molecule has 0 saturated heterocycles. The van der Waals surface area contributed by atoms with Crippen LogP contribution < -0.4 is 37.2 Å². The van der Waals surface area contributed by atoms with E-state index >= 15 is 0 Å². The van der Waals surface area contributed by atoms with Gasteiger partial charge in [0.2, 0.25) is 0 Å². The Hall–Kier alpha value is -18.4. The first-order chi connectivity index (χ1) is 67.1. The Morgan fingerprint density at radius 2 is 0.580 bits per heavy atom. The Labute approximate surface area is 793 Å². The zero-order valence-corrected chi connectivity index (χ0v) is 78.1. The number of rotatable bonds is 23. The van der Waals surface area contributed by atoms with Gasteiger partial charge in [-0.2, -0.15) is 107 Å². The number of nitrogens with zero attached hydrogens (tertiary/aromatic N) is 30. The van der Waals surface area contributed by atoms with E-state index in [1.807, 2.05) is 133 Å². The molecule has 0 saturated carbocycles. The zero-order chi connectivity index (χ0) is 96.6. The SMILES string of the molecule is C=Cc1ccc(Nc2cc(C)nc3ncnn23)cc1.CCCCc1ccc(Nc2cc(C)nc3ncnn23)cc1.CCCc1ccc(Nc2cc(C)nc3ncnn23)cc1.CCc1ccc(Nc2cc(C)nc3ncnn23)cc1.Cc1cc(Nc2ccc(C#N)cc2)n2ncnc2n1.Cc1cc(Nc2ccc(C(C)C)cc2)n2ncnc2n1.Cc1cc(Nc2ccc([N+](=O)[O-])cc2)n2ncnc2n1. The summed E-state index contributed by atoms with van der Waals surface area (Å²) in [6.07, 6.45) is 19.1. The molecule has 0 aliphatic heterocycles. The summed E-state index contributed by atoms with van der Waals surface area (Å²) >= 11 is 0. The first-order valence-electron chi connectivity index (χ1n) is 44.5. The first kappa shape index (κ1) is 94.3. The van der Waals surface area contributed by atoms with Gasteiger partial charge in [0.05, 0.1) is 16.6 Å². The van der Waals surface area contributed by atoms with Gasteiger partial charge in [-0.05, 0) is 205 Å². The van der Waals surface area contributed by atoms with Crippen molar-refractivity contribution in [2.75, 3.05) is 37.2 Å². The van der Waals surface area contributed by atoms with Gasteiger partial charge in [-0.15, -0.1) is 0 Å². The number of non-ortho nitro benzene ring substituents is 1. The Morgan fingerprint density at radius 3 is 0.812 bits per heavy atom. The van der Waals surface area contributed by atoms with Crippen LogP contribution in [-0.4, -0.2) is 142 Å². The van der Waals surface area contributed by atoms with Gasteiger partial charge in [0.15, 0.2) is 0 Å². The van der Waals surface area contributed by atoms with Crippen molar-refractivity contribution in [3.63, 3.8) is 0 Å². The van der Waals surface area contributed by atoms with Gasteiger partial charge in [-0.1, -0.05) is 121 Å². The normalized spacial score (nSPS) is 10.8. The maximum Gasteiger partial charge on any atom is 0.269 e. The highest BCUT2D eigenvalue weighted by molar-refractivity contribution is 5.67. The van der Waals surface area contributed by atoms with E-state index in [4.69, 9.17) is 5.26 Å². The van der Waals surface area contributed by atoms with Crippen molar-refractivity contribution in [2.45, 2.75) is 128 Å². The van der Waals surface area contributed by atoms with Crippen molar-refractivity contribution in [2.24, 2.45) is 0 Å². The average molecular weight is 1840 g/mol. The number of hydrogen-bond acceptors (Lipinski definition) is 31. The van der Waals surface area contributed by atoms with E-state index in [1.54, 1.807) is 55.9 Å². The molecular formula is C99H101N37O2. The summed E-state index contributed by atoms with van der Waals surface area (Å²) in [5.74, 6) is 10.4. The molecule has 7 N–H and O–H groups in total. The van der Waals surface area contributed by atoms with Crippen molar-refractivity contribution in [3.05, 3.63) is 347 Å². The molecule has 0 unspecified atom stereocenters. The number of benzene rings is 7. The molecule has 21 aromatic rings. The molecule has 0 atom stereocenters. The van der Waals surface area contributed by atoms with Crippen molar-refractivity contribution in [3.8, 4) is 6.07 Å². The van der Waals surface area contributed by atoms with Crippen molar-refractivity contribution in [1.82, 2.24) is 137 Å². The Balaban J connectivity index is 0.000000122. The average Bonchev–Trinajstić information content (AvgIpc) is 1.67. The van der Waals surface area contributed by atoms with E-state index in [9.17, 15) is 10.1 Å². The quantitative estimate of drug-likeness (QED) is 0.0231. The molecule has 14 aromatic heterocycles. The summed E-state index contributed by atoms with van der Waals surface area (Å²) in [5.41, 5.74) is 20.0. The molecular weight excluding hydrogens is 1740 g/mol. The van der Waals surface area contributed by atoms with Crippen molar-refractivity contribution >= 4 is 133 Å². The van der Waals surface area contributed by atoms with Crippen LogP contribution in [0, 0.1) is 69.9 Å². The van der Waals surface area contributed by atoms with Gasteiger partial charge in [0.1, 0.15) is 85.0 Å². The fraction of sp³-hybridized carbons (Fsp3) is 0.192. The van der Waals surface area contributed by atoms with Crippen LogP contribution in [0.4, 0.5) is 86.2 Å². The fourth-order valence-corrected chi connectivity index (χ4v) is 14.1. The molecule has 0 spiro atoms. The molecule has 14 heterocycles. The molecule has 21 rings (SSSR count). The van der Waals surface area contributed by atoms with Gasteiger partial charge in [-0.3, -0.25) is 10.1 Å². The summed E-state index contributed by atoms with van der Waals surface area (Å²) in [6.45, 7) is 28.1. The maximum atomic E-state index is 10.6. The number of nitro groups is 1. The van der Waals surface area contributed by atoms with Crippen LogP contribution in [0.1, 0.15) is 133 Å². The van der Waals surface area contributed by atoms with E-state index < -0.39 is 4.92 Å². The minimum absolute atomic E-state index is 0.0485. The smallest absolute Gasteiger partial charge is 0.269 e. The molecule has 0 aliphatic carbocycles. The molecule has 0 aliphatic rings. The molecule has 0 bridgehead atoms. The van der Waals surface area contributed by atoms with E-state index in [1.165, 1.54) is 91.5 Å². The molecule has 694 valence electrons. The summed E-state index contributed by atoms with van der Waals surface area (Å²) in [5, 5.41) is 71.6. The van der Waals surface area contributed by atoms with Crippen LogP contribution in [0.25, 0.3) is 46.5 Å². The van der Waals surface area contributed by atoms with E-state index in [0.717, 1.165) is 146 Å². The maximum absolute atomic E-state index is 10.6. The van der Waals surface area contributed by atoms with Gasteiger partial charge < -0.3 is 37.2 Å². The highest BCUT2D eigenvalue weighted by Crippen LogP contribution is 2.28. The van der Waals surface area contributed by atoms with E-state index in [2.05, 4.69) is 287 Å². The summed E-state index contributed by atoms with van der Waals surface area (Å²) in [7, 11) is 0.